The average molecular weight is 343 g/mol. The molecule has 25 heavy (non-hydrogen) atoms. The summed E-state index contributed by atoms with van der Waals surface area (Å²) < 4.78 is 16.4. The molecule has 2 aromatic carbocycles. The Morgan fingerprint density at radius 3 is 2.48 bits per heavy atom. The maximum absolute atomic E-state index is 10.9. The third-order valence-electron chi connectivity index (χ3n) is 5.14. The summed E-state index contributed by atoms with van der Waals surface area (Å²) in [5, 5.41) is 25.1. The third-order valence-corrected chi connectivity index (χ3v) is 5.14. The molecule has 3 N–H and O–H groups in total. The number of aliphatic hydroxyl groups excluding tert-OH is 1. The fourth-order valence-electron chi connectivity index (χ4n) is 4.05. The maximum Gasteiger partial charge on any atom is 0.169 e. The minimum Gasteiger partial charge on any atom is -0.504 e. The van der Waals surface area contributed by atoms with Gasteiger partial charge in [-0.2, -0.15) is 0 Å². The number of aliphatic hydroxyl groups is 1. The van der Waals surface area contributed by atoms with Crippen molar-refractivity contribution < 1.29 is 24.4 Å². The molecule has 1 aliphatic carbocycles. The van der Waals surface area contributed by atoms with Gasteiger partial charge in [-0.05, 0) is 41.8 Å². The van der Waals surface area contributed by atoms with Gasteiger partial charge in [0.05, 0.1) is 33.5 Å². The van der Waals surface area contributed by atoms with Crippen molar-refractivity contribution in [1.29, 1.82) is 0 Å². The van der Waals surface area contributed by atoms with Crippen LogP contribution in [0.25, 0.3) is 11.1 Å². The predicted octanol–water partition coefficient (Wildman–Crippen LogP) is 2.32. The molecule has 6 heteroatoms. The number of hydrogen-bond acceptors (Lipinski definition) is 6. The van der Waals surface area contributed by atoms with Gasteiger partial charge in [0.15, 0.2) is 23.0 Å². The smallest absolute Gasteiger partial charge is 0.169 e. The first kappa shape index (κ1) is 16.1. The zero-order valence-electron chi connectivity index (χ0n) is 14.4. The van der Waals surface area contributed by atoms with Crippen LogP contribution in [0.2, 0.25) is 0 Å². The lowest BCUT2D eigenvalue weighted by Gasteiger charge is -2.39. The van der Waals surface area contributed by atoms with E-state index in [1.807, 2.05) is 6.07 Å². The van der Waals surface area contributed by atoms with E-state index in [-0.39, 0.29) is 11.8 Å². The van der Waals surface area contributed by atoms with E-state index in [4.69, 9.17) is 14.2 Å². The highest BCUT2D eigenvalue weighted by Crippen LogP contribution is 2.57. The Balaban J connectivity index is 2.14. The summed E-state index contributed by atoms with van der Waals surface area (Å²) in [4.78, 5) is 0. The number of ether oxygens (including phenoxy) is 3. The second-order valence-corrected chi connectivity index (χ2v) is 6.27. The number of aromatic hydroxyl groups is 1. The van der Waals surface area contributed by atoms with Crippen LogP contribution in [0.3, 0.4) is 0 Å². The average Bonchev–Trinajstić information content (AvgIpc) is 2.64. The normalized spacial score (nSPS) is 20.5. The number of methoxy groups -OCH3 is 3. The second-order valence-electron chi connectivity index (χ2n) is 6.27. The molecule has 2 aliphatic rings. The topological polar surface area (TPSA) is 80.2 Å². The fourth-order valence-corrected chi connectivity index (χ4v) is 4.05. The molecule has 0 saturated carbocycles. The Morgan fingerprint density at radius 2 is 1.80 bits per heavy atom. The predicted molar refractivity (Wildman–Crippen MR) is 92.6 cm³/mol. The van der Waals surface area contributed by atoms with Gasteiger partial charge in [0.1, 0.15) is 0 Å². The minimum absolute atomic E-state index is 0.00294. The van der Waals surface area contributed by atoms with Crippen LogP contribution in [-0.2, 0) is 6.42 Å². The van der Waals surface area contributed by atoms with Crippen LogP contribution in [0, 0.1) is 0 Å². The van der Waals surface area contributed by atoms with Gasteiger partial charge in [0.25, 0.3) is 0 Å². The Kier molecular flexibility index (Phi) is 3.74. The summed E-state index contributed by atoms with van der Waals surface area (Å²) in [6, 6.07) is 5.16. The quantitative estimate of drug-likeness (QED) is 0.794. The summed E-state index contributed by atoms with van der Waals surface area (Å²) >= 11 is 0. The lowest BCUT2D eigenvalue weighted by molar-refractivity contribution is 0.123. The van der Waals surface area contributed by atoms with E-state index in [1.165, 1.54) is 7.11 Å². The van der Waals surface area contributed by atoms with Crippen molar-refractivity contribution in [2.45, 2.75) is 18.6 Å². The number of nitrogens with one attached hydrogen (secondary N) is 1. The van der Waals surface area contributed by atoms with E-state index in [1.54, 1.807) is 26.4 Å². The highest BCUT2D eigenvalue weighted by atomic mass is 16.5. The summed E-state index contributed by atoms with van der Waals surface area (Å²) in [6.45, 7) is 0.765. The van der Waals surface area contributed by atoms with E-state index in [0.717, 1.165) is 29.7 Å². The van der Waals surface area contributed by atoms with Gasteiger partial charge < -0.3 is 29.7 Å². The van der Waals surface area contributed by atoms with E-state index >= 15 is 0 Å². The fraction of sp³-hybridized carbons (Fsp3) is 0.368. The van der Waals surface area contributed by atoms with Crippen molar-refractivity contribution in [1.82, 2.24) is 5.32 Å². The lowest BCUT2D eigenvalue weighted by Crippen LogP contribution is -2.36. The zero-order chi connectivity index (χ0) is 17.7. The highest BCUT2D eigenvalue weighted by molar-refractivity contribution is 5.88. The number of benzene rings is 2. The van der Waals surface area contributed by atoms with Crippen LogP contribution in [0.15, 0.2) is 18.2 Å². The number of phenolic OH excluding ortho intramolecular Hbond substituents is 1. The monoisotopic (exact) mass is 343 g/mol. The van der Waals surface area contributed by atoms with Crippen LogP contribution in [0.4, 0.5) is 0 Å². The molecule has 6 nitrogen and oxygen atoms in total. The first-order valence-corrected chi connectivity index (χ1v) is 8.21. The molecule has 2 atom stereocenters. The van der Waals surface area contributed by atoms with Crippen LogP contribution in [0.1, 0.15) is 28.8 Å². The number of hydrogen-bond donors (Lipinski definition) is 3. The van der Waals surface area contributed by atoms with Crippen LogP contribution in [-0.4, -0.2) is 38.1 Å². The molecule has 0 saturated heterocycles. The molecule has 0 spiro atoms. The Morgan fingerprint density at radius 1 is 1.04 bits per heavy atom. The molecule has 0 bridgehead atoms. The van der Waals surface area contributed by atoms with Gasteiger partial charge in [0.2, 0.25) is 0 Å². The molecular weight excluding hydrogens is 322 g/mol. The molecule has 4 rings (SSSR count). The first-order chi connectivity index (χ1) is 12.1. The molecule has 2 aromatic rings. The van der Waals surface area contributed by atoms with Crippen LogP contribution >= 0.6 is 0 Å². The van der Waals surface area contributed by atoms with Crippen LogP contribution in [0.5, 0.6) is 23.0 Å². The van der Waals surface area contributed by atoms with E-state index < -0.39 is 6.10 Å². The third kappa shape index (κ3) is 2.11. The van der Waals surface area contributed by atoms with Crippen molar-refractivity contribution in [3.05, 3.63) is 34.9 Å². The highest BCUT2D eigenvalue weighted by Gasteiger charge is 2.40. The molecule has 1 aliphatic heterocycles. The molecule has 0 fully saturated rings. The molecule has 0 unspecified atom stereocenters. The van der Waals surface area contributed by atoms with Crippen LogP contribution < -0.4 is 19.5 Å². The molecule has 0 radical (unpaired) electrons. The maximum atomic E-state index is 10.9. The van der Waals surface area contributed by atoms with Crippen molar-refractivity contribution >= 4 is 0 Å². The lowest BCUT2D eigenvalue weighted by atomic mass is 9.75. The molecular formula is C19H21NO5. The minimum atomic E-state index is -0.767. The Labute approximate surface area is 146 Å². The summed E-state index contributed by atoms with van der Waals surface area (Å²) in [7, 11) is 4.68. The Bertz CT molecular complexity index is 848. The van der Waals surface area contributed by atoms with Gasteiger partial charge >= 0.3 is 0 Å². The van der Waals surface area contributed by atoms with Crippen molar-refractivity contribution in [3.8, 4) is 34.1 Å². The number of rotatable bonds is 3. The molecule has 1 heterocycles. The van der Waals surface area contributed by atoms with Gasteiger partial charge in [-0.1, -0.05) is 6.07 Å². The van der Waals surface area contributed by atoms with E-state index in [0.29, 0.717) is 28.4 Å². The van der Waals surface area contributed by atoms with Crippen molar-refractivity contribution in [3.63, 3.8) is 0 Å². The molecule has 0 amide bonds. The Hall–Kier alpha value is -2.44. The summed E-state index contributed by atoms with van der Waals surface area (Å²) in [6.07, 6.45) is 0.0443. The number of phenols is 1. The van der Waals surface area contributed by atoms with Crippen molar-refractivity contribution in [2.75, 3.05) is 27.9 Å². The van der Waals surface area contributed by atoms with Gasteiger partial charge in [-0.15, -0.1) is 0 Å². The summed E-state index contributed by atoms with van der Waals surface area (Å²) in [5.41, 5.74) is 3.98. The van der Waals surface area contributed by atoms with E-state index in [2.05, 4.69) is 5.32 Å². The van der Waals surface area contributed by atoms with Gasteiger partial charge in [-0.25, -0.2) is 0 Å². The summed E-state index contributed by atoms with van der Waals surface area (Å²) in [5.74, 6) is 1.51. The van der Waals surface area contributed by atoms with E-state index in [9.17, 15) is 10.2 Å². The van der Waals surface area contributed by atoms with Gasteiger partial charge in [-0.3, -0.25) is 0 Å². The molecule has 0 aromatic heterocycles. The first-order valence-electron chi connectivity index (χ1n) is 8.21. The molecule has 132 valence electrons. The number of fused-ring (bicyclic) bond motifs is 2. The van der Waals surface area contributed by atoms with Gasteiger partial charge in [0, 0.05) is 11.1 Å². The standard InChI is InChI=1S/C19H21NO5/c1-23-11-5-4-10-14(18(11)22)15-13-9(6-7-20-16(13)17(10)21)8-12(24-2)19(15)25-3/h4-5,8,16-17,20-22H,6-7H2,1-3H3/t16-,17-/m0/s1. The SMILES string of the molecule is COc1ccc2c(c1O)-c1c(OC)c(OC)cc3c1[C@H](NCC3)[C@H]2O. The largest absolute Gasteiger partial charge is 0.504 e. The second kappa shape index (κ2) is 5.82. The van der Waals surface area contributed by atoms with Crippen molar-refractivity contribution in [2.24, 2.45) is 0 Å². The zero-order valence-corrected chi connectivity index (χ0v) is 14.4.